The van der Waals surface area contributed by atoms with Crippen LogP contribution in [0.5, 0.6) is 11.5 Å². The van der Waals surface area contributed by atoms with Gasteiger partial charge in [0.25, 0.3) is 0 Å². The first-order chi connectivity index (χ1) is 13.0. The quantitative estimate of drug-likeness (QED) is 0.800. The van der Waals surface area contributed by atoms with Gasteiger partial charge in [-0.05, 0) is 49.1 Å². The minimum absolute atomic E-state index is 0.0783. The standard InChI is InChI=1S/C21H19Cl2NO3/c22-14-5-4-13(17(23)11-14)10-19-20(26)15-6-7-18(25)16(21(15)27-19)12-24-8-2-1-3-9-24/h4-7,10-11,25H,1-3,8-9,12H2. The predicted molar refractivity (Wildman–Crippen MR) is 104 cm³/mol. The van der Waals surface area contributed by atoms with Gasteiger partial charge >= 0.3 is 0 Å². The van der Waals surface area contributed by atoms with E-state index in [1.165, 1.54) is 30.2 Å². The van der Waals surface area contributed by atoms with Crippen LogP contribution in [-0.2, 0) is 6.54 Å². The first-order valence-corrected chi connectivity index (χ1v) is 9.84. The molecule has 2 aliphatic heterocycles. The van der Waals surface area contributed by atoms with Gasteiger partial charge in [-0.25, -0.2) is 0 Å². The van der Waals surface area contributed by atoms with Crippen molar-refractivity contribution in [2.75, 3.05) is 13.1 Å². The number of nitrogens with one attached hydrogen (secondary N) is 1. The summed E-state index contributed by atoms with van der Waals surface area (Å²) in [6.07, 6.45) is 5.17. The van der Waals surface area contributed by atoms with Gasteiger partial charge in [0.1, 0.15) is 12.3 Å². The van der Waals surface area contributed by atoms with E-state index in [-0.39, 0.29) is 17.3 Å². The fourth-order valence-electron chi connectivity index (χ4n) is 3.69. The lowest BCUT2D eigenvalue weighted by molar-refractivity contribution is -0.918. The second-order valence-electron chi connectivity index (χ2n) is 7.01. The molecule has 2 heterocycles. The molecule has 0 bridgehead atoms. The molecule has 0 aromatic heterocycles. The molecule has 1 fully saturated rings. The Hall–Kier alpha value is -2.01. The molecule has 1 N–H and O–H groups in total. The van der Waals surface area contributed by atoms with Crippen molar-refractivity contribution in [1.29, 1.82) is 0 Å². The Kier molecular flexibility index (Phi) is 5.13. The van der Waals surface area contributed by atoms with E-state index >= 15 is 0 Å². The summed E-state index contributed by atoms with van der Waals surface area (Å²) in [6.45, 7) is 2.67. The minimum atomic E-state index is -0.231. The molecular formula is C21H19Cl2NO3. The molecule has 0 radical (unpaired) electrons. The molecule has 6 heteroatoms. The van der Waals surface area contributed by atoms with Gasteiger partial charge in [0.05, 0.1) is 18.7 Å². The largest absolute Gasteiger partial charge is 0.872 e. The van der Waals surface area contributed by atoms with E-state index in [0.717, 1.165) is 13.1 Å². The van der Waals surface area contributed by atoms with Crippen molar-refractivity contribution in [3.05, 3.63) is 62.8 Å². The fraction of sp³-hybridized carbons (Fsp3) is 0.286. The molecule has 1 saturated heterocycles. The summed E-state index contributed by atoms with van der Waals surface area (Å²) in [6, 6.07) is 8.07. The number of quaternary nitrogens is 1. The summed E-state index contributed by atoms with van der Waals surface area (Å²) in [7, 11) is 0. The third kappa shape index (κ3) is 3.70. The molecule has 4 rings (SSSR count). The maximum absolute atomic E-state index is 12.8. The number of benzene rings is 2. The zero-order valence-electron chi connectivity index (χ0n) is 14.7. The second-order valence-corrected chi connectivity index (χ2v) is 7.86. The lowest BCUT2D eigenvalue weighted by atomic mass is 10.0. The first kappa shape index (κ1) is 18.4. The number of ketones is 1. The van der Waals surface area contributed by atoms with E-state index in [9.17, 15) is 9.90 Å². The smallest absolute Gasteiger partial charge is 0.231 e. The van der Waals surface area contributed by atoms with Crippen LogP contribution in [0.25, 0.3) is 6.08 Å². The van der Waals surface area contributed by atoms with Crippen LogP contribution < -0.4 is 14.7 Å². The molecule has 0 unspecified atom stereocenters. The highest BCUT2D eigenvalue weighted by molar-refractivity contribution is 6.35. The number of ether oxygens (including phenoxy) is 1. The summed E-state index contributed by atoms with van der Waals surface area (Å²) >= 11 is 12.1. The van der Waals surface area contributed by atoms with Crippen LogP contribution in [0.15, 0.2) is 36.1 Å². The summed E-state index contributed by atoms with van der Waals surface area (Å²) < 4.78 is 5.87. The lowest BCUT2D eigenvalue weighted by Gasteiger charge is -2.26. The Bertz CT molecular complexity index is 933. The van der Waals surface area contributed by atoms with E-state index in [1.54, 1.807) is 30.3 Å². The number of hydrogen-bond acceptors (Lipinski definition) is 3. The van der Waals surface area contributed by atoms with E-state index in [1.807, 2.05) is 0 Å². The van der Waals surface area contributed by atoms with E-state index in [2.05, 4.69) is 0 Å². The highest BCUT2D eigenvalue weighted by Gasteiger charge is 2.31. The topological polar surface area (TPSA) is 53.8 Å². The normalized spacial score (nSPS) is 18.6. The number of hydrogen-bond donors (Lipinski definition) is 1. The van der Waals surface area contributed by atoms with Crippen LogP contribution in [0.2, 0.25) is 10.0 Å². The van der Waals surface area contributed by atoms with Crippen LogP contribution in [0.4, 0.5) is 0 Å². The van der Waals surface area contributed by atoms with E-state index in [0.29, 0.717) is 39.0 Å². The van der Waals surface area contributed by atoms with Gasteiger partial charge in [0, 0.05) is 15.6 Å². The van der Waals surface area contributed by atoms with Gasteiger partial charge in [0.2, 0.25) is 5.78 Å². The third-order valence-corrected chi connectivity index (χ3v) is 5.70. The van der Waals surface area contributed by atoms with Crippen LogP contribution in [0, 0.1) is 0 Å². The van der Waals surface area contributed by atoms with Crippen molar-refractivity contribution in [3.8, 4) is 11.5 Å². The Labute approximate surface area is 168 Å². The third-order valence-electron chi connectivity index (χ3n) is 5.13. The second kappa shape index (κ2) is 7.55. The Balaban J connectivity index is 1.67. The summed E-state index contributed by atoms with van der Waals surface area (Å²) in [5.74, 6) is 0.271. The van der Waals surface area contributed by atoms with E-state index in [4.69, 9.17) is 27.9 Å². The SMILES string of the molecule is O=C1C(=Cc2ccc(Cl)cc2Cl)Oc2c1ccc([O-])c2C[NH+]1CCCCC1. The fourth-order valence-corrected chi connectivity index (χ4v) is 4.16. The number of halogens is 2. The predicted octanol–water partition coefficient (Wildman–Crippen LogP) is 3.25. The Morgan fingerprint density at radius 1 is 1.11 bits per heavy atom. The molecule has 0 aliphatic carbocycles. The van der Waals surface area contributed by atoms with Crippen LogP contribution in [0.1, 0.15) is 40.7 Å². The highest BCUT2D eigenvalue weighted by atomic mass is 35.5. The monoisotopic (exact) mass is 403 g/mol. The van der Waals surface area contributed by atoms with Crippen molar-refractivity contribution < 1.29 is 19.5 Å². The van der Waals surface area contributed by atoms with Crippen molar-refractivity contribution in [2.45, 2.75) is 25.8 Å². The molecule has 0 saturated carbocycles. The lowest BCUT2D eigenvalue weighted by Crippen LogP contribution is -3.11. The van der Waals surface area contributed by atoms with Gasteiger partial charge < -0.3 is 14.7 Å². The molecule has 0 spiro atoms. The van der Waals surface area contributed by atoms with Crippen molar-refractivity contribution >= 4 is 35.1 Å². The molecule has 2 aliphatic rings. The Morgan fingerprint density at radius 3 is 2.63 bits per heavy atom. The molecule has 4 nitrogen and oxygen atoms in total. The number of Topliss-reactive ketones (excluding diaryl/α,β-unsaturated/α-hetero) is 1. The number of likely N-dealkylation sites (tertiary alicyclic amines) is 1. The molecule has 0 amide bonds. The molecular weight excluding hydrogens is 385 g/mol. The average molecular weight is 404 g/mol. The van der Waals surface area contributed by atoms with Crippen LogP contribution in [-0.4, -0.2) is 18.9 Å². The van der Waals surface area contributed by atoms with E-state index < -0.39 is 0 Å². The molecule has 27 heavy (non-hydrogen) atoms. The molecule has 2 aromatic carbocycles. The zero-order valence-corrected chi connectivity index (χ0v) is 16.2. The number of fused-ring (bicyclic) bond motifs is 1. The van der Waals surface area contributed by atoms with Gasteiger partial charge in [0.15, 0.2) is 5.76 Å². The van der Waals surface area contributed by atoms with Gasteiger partial charge in [-0.15, -0.1) is 0 Å². The van der Waals surface area contributed by atoms with Gasteiger partial charge in [-0.1, -0.05) is 41.1 Å². The molecule has 0 atom stereocenters. The van der Waals surface area contributed by atoms with Crippen molar-refractivity contribution in [3.63, 3.8) is 0 Å². The maximum Gasteiger partial charge on any atom is 0.231 e. The number of allylic oxidation sites excluding steroid dienone is 1. The number of carbonyl (C=O) groups is 1. The molecule has 140 valence electrons. The van der Waals surface area contributed by atoms with Crippen LogP contribution >= 0.6 is 23.2 Å². The minimum Gasteiger partial charge on any atom is -0.872 e. The van der Waals surface area contributed by atoms with Gasteiger partial charge in [-0.3, -0.25) is 4.79 Å². The maximum atomic E-state index is 12.8. The summed E-state index contributed by atoms with van der Waals surface area (Å²) in [5.41, 5.74) is 1.67. The first-order valence-electron chi connectivity index (χ1n) is 9.08. The zero-order chi connectivity index (χ0) is 19.0. The average Bonchev–Trinajstić information content (AvgIpc) is 2.97. The summed E-state index contributed by atoms with van der Waals surface area (Å²) in [4.78, 5) is 14.1. The Morgan fingerprint density at radius 2 is 1.89 bits per heavy atom. The highest BCUT2D eigenvalue weighted by Crippen LogP contribution is 2.38. The number of carbonyl (C=O) groups excluding carboxylic acids is 1. The summed E-state index contributed by atoms with van der Waals surface area (Å²) in [5, 5.41) is 13.4. The number of rotatable bonds is 3. The van der Waals surface area contributed by atoms with Crippen molar-refractivity contribution in [1.82, 2.24) is 0 Å². The molecule has 2 aromatic rings. The van der Waals surface area contributed by atoms with Gasteiger partial charge in [-0.2, -0.15) is 0 Å². The van der Waals surface area contributed by atoms with Crippen molar-refractivity contribution in [2.24, 2.45) is 0 Å². The van der Waals surface area contributed by atoms with Crippen LogP contribution in [0.3, 0.4) is 0 Å². The number of piperidine rings is 1.